The summed E-state index contributed by atoms with van der Waals surface area (Å²) in [6, 6.07) is -0.407. The van der Waals surface area contributed by atoms with Crippen LogP contribution in [0.5, 0.6) is 0 Å². The minimum absolute atomic E-state index is 0.129. The van der Waals surface area contributed by atoms with Crippen molar-refractivity contribution < 1.29 is 23.1 Å². The van der Waals surface area contributed by atoms with E-state index in [4.69, 9.17) is 10.8 Å². The second-order valence-corrected chi connectivity index (χ2v) is 5.19. The second-order valence-electron chi connectivity index (χ2n) is 5.19. The van der Waals surface area contributed by atoms with E-state index in [9.17, 15) is 18.0 Å². The van der Waals surface area contributed by atoms with Crippen LogP contribution in [0.3, 0.4) is 0 Å². The molecule has 19 heavy (non-hydrogen) atoms. The monoisotopic (exact) mass is 282 g/mol. The summed E-state index contributed by atoms with van der Waals surface area (Å²) in [6.45, 7) is -0.219. The summed E-state index contributed by atoms with van der Waals surface area (Å²) < 4.78 is 37.3. The van der Waals surface area contributed by atoms with Gasteiger partial charge in [-0.2, -0.15) is 13.2 Å². The van der Waals surface area contributed by atoms with E-state index in [0.29, 0.717) is 11.3 Å². The highest BCUT2D eigenvalue weighted by Gasteiger charge is 2.39. The fourth-order valence-corrected chi connectivity index (χ4v) is 2.57. The molecular formula is C12H21F3N2O2. The molecule has 0 bridgehead atoms. The van der Waals surface area contributed by atoms with Crippen molar-refractivity contribution in [1.82, 2.24) is 4.90 Å². The first kappa shape index (κ1) is 16.2. The Morgan fingerprint density at radius 3 is 2.58 bits per heavy atom. The molecule has 3 N–H and O–H groups in total. The van der Waals surface area contributed by atoms with Gasteiger partial charge in [0.25, 0.3) is 0 Å². The molecular weight excluding hydrogens is 261 g/mol. The van der Waals surface area contributed by atoms with Crippen LogP contribution >= 0.6 is 0 Å². The Balaban J connectivity index is 2.75. The molecule has 0 aliphatic heterocycles. The van der Waals surface area contributed by atoms with Crippen molar-refractivity contribution in [3.05, 3.63) is 0 Å². The first-order valence-electron chi connectivity index (χ1n) is 6.48. The SMILES string of the molecule is CC1CCCC(C(=O)N(CCO)CC(F)(F)F)C1N. The summed E-state index contributed by atoms with van der Waals surface area (Å²) in [6.07, 6.45) is -2.26. The molecule has 0 heterocycles. The van der Waals surface area contributed by atoms with E-state index in [1.165, 1.54) is 0 Å². The van der Waals surface area contributed by atoms with Crippen molar-refractivity contribution in [1.29, 1.82) is 0 Å². The summed E-state index contributed by atoms with van der Waals surface area (Å²) in [7, 11) is 0. The van der Waals surface area contributed by atoms with E-state index in [1.54, 1.807) is 0 Å². The number of carbonyl (C=O) groups is 1. The number of alkyl halides is 3. The predicted molar refractivity (Wildman–Crippen MR) is 64.2 cm³/mol. The highest BCUT2D eigenvalue weighted by atomic mass is 19.4. The molecule has 0 aromatic heterocycles. The lowest BCUT2D eigenvalue weighted by Crippen LogP contribution is -2.51. The summed E-state index contributed by atoms with van der Waals surface area (Å²) >= 11 is 0. The van der Waals surface area contributed by atoms with Crippen LogP contribution in [-0.4, -0.2) is 47.8 Å². The van der Waals surface area contributed by atoms with Crippen molar-refractivity contribution in [2.75, 3.05) is 19.7 Å². The summed E-state index contributed by atoms with van der Waals surface area (Å²) in [5, 5.41) is 8.81. The Morgan fingerprint density at radius 2 is 2.05 bits per heavy atom. The Morgan fingerprint density at radius 1 is 1.42 bits per heavy atom. The number of hydrogen-bond acceptors (Lipinski definition) is 3. The first-order valence-corrected chi connectivity index (χ1v) is 6.48. The van der Waals surface area contributed by atoms with Gasteiger partial charge in [-0.15, -0.1) is 0 Å². The zero-order valence-electron chi connectivity index (χ0n) is 11.0. The van der Waals surface area contributed by atoms with Crippen LogP contribution in [0.1, 0.15) is 26.2 Å². The normalized spacial score (nSPS) is 28.2. The van der Waals surface area contributed by atoms with Gasteiger partial charge < -0.3 is 15.7 Å². The number of amides is 1. The lowest BCUT2D eigenvalue weighted by Gasteiger charge is -2.36. The van der Waals surface area contributed by atoms with Crippen LogP contribution in [0.25, 0.3) is 0 Å². The van der Waals surface area contributed by atoms with Gasteiger partial charge >= 0.3 is 6.18 Å². The highest BCUT2D eigenvalue weighted by Crippen LogP contribution is 2.30. The molecule has 0 aromatic carbocycles. The molecule has 1 rings (SSSR count). The summed E-state index contributed by atoms with van der Waals surface area (Å²) in [5.74, 6) is -1.03. The molecule has 7 heteroatoms. The van der Waals surface area contributed by atoms with Gasteiger partial charge in [0.1, 0.15) is 6.54 Å². The molecule has 1 aliphatic rings. The van der Waals surface area contributed by atoms with Crippen LogP contribution in [0.2, 0.25) is 0 Å². The van der Waals surface area contributed by atoms with Crippen molar-refractivity contribution in [3.8, 4) is 0 Å². The number of rotatable bonds is 4. The maximum absolute atomic E-state index is 12.4. The van der Waals surface area contributed by atoms with E-state index in [0.717, 1.165) is 12.8 Å². The molecule has 1 amide bonds. The lowest BCUT2D eigenvalue weighted by molar-refractivity contribution is -0.165. The minimum atomic E-state index is -4.46. The lowest BCUT2D eigenvalue weighted by atomic mass is 9.77. The van der Waals surface area contributed by atoms with Gasteiger partial charge in [-0.3, -0.25) is 4.79 Å². The van der Waals surface area contributed by atoms with Crippen LogP contribution in [0.15, 0.2) is 0 Å². The standard InChI is InChI=1S/C12H21F3N2O2/c1-8-3-2-4-9(10(8)16)11(19)17(5-6-18)7-12(13,14)15/h8-10,18H,2-7,16H2,1H3. The van der Waals surface area contributed by atoms with E-state index >= 15 is 0 Å². The molecule has 0 aromatic rings. The molecule has 1 aliphatic carbocycles. The van der Waals surface area contributed by atoms with Gasteiger partial charge in [0.2, 0.25) is 5.91 Å². The maximum atomic E-state index is 12.4. The number of carbonyl (C=O) groups excluding carboxylic acids is 1. The maximum Gasteiger partial charge on any atom is 0.406 e. The molecule has 0 radical (unpaired) electrons. The third-order valence-electron chi connectivity index (χ3n) is 3.67. The van der Waals surface area contributed by atoms with E-state index in [1.807, 2.05) is 6.92 Å². The number of halogens is 3. The Labute approximate surface area is 110 Å². The molecule has 0 spiro atoms. The van der Waals surface area contributed by atoms with Gasteiger partial charge in [0.05, 0.1) is 12.5 Å². The molecule has 4 nitrogen and oxygen atoms in total. The van der Waals surface area contributed by atoms with Gasteiger partial charge in [-0.1, -0.05) is 13.3 Å². The van der Waals surface area contributed by atoms with Crippen LogP contribution in [0.4, 0.5) is 13.2 Å². The Kier molecular flexibility index (Phi) is 5.61. The summed E-state index contributed by atoms with van der Waals surface area (Å²) in [4.78, 5) is 12.8. The first-order chi connectivity index (χ1) is 8.76. The number of aliphatic hydroxyl groups excluding tert-OH is 1. The van der Waals surface area contributed by atoms with Crippen LogP contribution < -0.4 is 5.73 Å². The molecule has 112 valence electrons. The minimum Gasteiger partial charge on any atom is -0.395 e. The van der Waals surface area contributed by atoms with E-state index in [2.05, 4.69) is 0 Å². The van der Waals surface area contributed by atoms with Gasteiger partial charge in [0, 0.05) is 12.6 Å². The predicted octanol–water partition coefficient (Wildman–Crippen LogP) is 1.13. The van der Waals surface area contributed by atoms with Crippen molar-refractivity contribution in [2.24, 2.45) is 17.6 Å². The van der Waals surface area contributed by atoms with Gasteiger partial charge in [0.15, 0.2) is 0 Å². The molecule has 3 atom stereocenters. The average molecular weight is 282 g/mol. The highest BCUT2D eigenvalue weighted by molar-refractivity contribution is 5.79. The number of aliphatic hydroxyl groups is 1. The number of hydrogen-bond donors (Lipinski definition) is 2. The van der Waals surface area contributed by atoms with Crippen LogP contribution in [-0.2, 0) is 4.79 Å². The van der Waals surface area contributed by atoms with Crippen molar-refractivity contribution in [2.45, 2.75) is 38.4 Å². The van der Waals surface area contributed by atoms with Crippen molar-refractivity contribution in [3.63, 3.8) is 0 Å². The molecule has 3 unspecified atom stereocenters. The fourth-order valence-electron chi connectivity index (χ4n) is 2.57. The number of nitrogens with zero attached hydrogens (tertiary/aromatic N) is 1. The molecule has 1 fully saturated rings. The topological polar surface area (TPSA) is 66.6 Å². The summed E-state index contributed by atoms with van der Waals surface area (Å²) in [5.41, 5.74) is 5.93. The molecule has 1 saturated carbocycles. The van der Waals surface area contributed by atoms with E-state index < -0.39 is 37.2 Å². The average Bonchev–Trinajstić information content (AvgIpc) is 2.30. The zero-order chi connectivity index (χ0) is 14.6. The van der Waals surface area contributed by atoms with Gasteiger partial charge in [-0.05, 0) is 18.8 Å². The molecule has 0 saturated heterocycles. The third-order valence-corrected chi connectivity index (χ3v) is 3.67. The Bertz CT molecular complexity index is 310. The third kappa shape index (κ3) is 4.65. The van der Waals surface area contributed by atoms with Crippen molar-refractivity contribution >= 4 is 5.91 Å². The smallest absolute Gasteiger partial charge is 0.395 e. The second kappa shape index (κ2) is 6.56. The zero-order valence-corrected chi connectivity index (χ0v) is 11.0. The van der Waals surface area contributed by atoms with Crippen LogP contribution in [0, 0.1) is 11.8 Å². The Hall–Kier alpha value is -0.820. The fraction of sp³-hybridized carbons (Fsp3) is 0.917. The van der Waals surface area contributed by atoms with E-state index in [-0.39, 0.29) is 12.5 Å². The number of nitrogens with two attached hydrogens (primary N) is 1. The quantitative estimate of drug-likeness (QED) is 0.812. The van der Waals surface area contributed by atoms with Gasteiger partial charge in [-0.25, -0.2) is 0 Å². The largest absolute Gasteiger partial charge is 0.406 e.